The molecule has 166 valence electrons. The number of halogens is 2. The molecule has 0 fully saturated rings. The Kier molecular flexibility index (Phi) is 6.47. The molecule has 0 atom stereocenters. The Morgan fingerprint density at radius 2 is 1.58 bits per heavy atom. The van der Waals surface area contributed by atoms with E-state index in [1.54, 1.807) is 29.8 Å². The summed E-state index contributed by atoms with van der Waals surface area (Å²) < 4.78 is 32.8. The van der Waals surface area contributed by atoms with E-state index in [-0.39, 0.29) is 11.6 Å². The van der Waals surface area contributed by atoms with Crippen LogP contribution in [0.5, 0.6) is 11.5 Å². The number of allylic oxidation sites excluding steroid dienone is 4. The van der Waals surface area contributed by atoms with Gasteiger partial charge in [-0.3, -0.25) is 10.0 Å². The van der Waals surface area contributed by atoms with E-state index in [1.165, 1.54) is 30.3 Å². The fourth-order valence-electron chi connectivity index (χ4n) is 3.78. The third-order valence-corrected chi connectivity index (χ3v) is 5.40. The molecule has 2 N–H and O–H groups in total. The summed E-state index contributed by atoms with van der Waals surface area (Å²) in [5, 5.41) is 8.65. The van der Waals surface area contributed by atoms with Gasteiger partial charge >= 0.3 is 0 Å². The monoisotopic (exact) mass is 445 g/mol. The first kappa shape index (κ1) is 22.2. The second kappa shape index (κ2) is 9.63. The Hall–Kier alpha value is -4.03. The zero-order chi connectivity index (χ0) is 23.4. The lowest BCUT2D eigenvalue weighted by Crippen LogP contribution is -2.14. The fourth-order valence-corrected chi connectivity index (χ4v) is 3.78. The zero-order valence-electron chi connectivity index (χ0n) is 17.8. The number of rotatable bonds is 6. The standard InChI is InChI=1S/C27H21F2NO3/c1-17-23(3-2-4-27(31)30-32)26-16-20(29)9-14-24(26)25(17)15-18-5-10-21(11-6-18)33-22-12-7-19(28)8-13-22/h2,4-16,32H,3H2,1H3,(H,30,31)/b4-2?,25-15-. The first-order valence-corrected chi connectivity index (χ1v) is 10.3. The minimum Gasteiger partial charge on any atom is -0.457 e. The van der Waals surface area contributed by atoms with Gasteiger partial charge in [-0.15, -0.1) is 0 Å². The second-order valence-electron chi connectivity index (χ2n) is 7.56. The molecule has 4 nitrogen and oxygen atoms in total. The fraction of sp³-hybridized carbons (Fsp3) is 0.0741. The third-order valence-electron chi connectivity index (χ3n) is 5.40. The number of ether oxygens (including phenoxy) is 1. The summed E-state index contributed by atoms with van der Waals surface area (Å²) >= 11 is 0. The molecule has 1 aliphatic rings. The molecular formula is C27H21F2NO3. The molecule has 0 unspecified atom stereocenters. The Morgan fingerprint density at radius 3 is 2.24 bits per heavy atom. The van der Waals surface area contributed by atoms with Crippen LogP contribution in [0.1, 0.15) is 30.0 Å². The number of fused-ring (bicyclic) bond motifs is 1. The molecule has 4 rings (SSSR count). The van der Waals surface area contributed by atoms with Gasteiger partial charge in [-0.1, -0.05) is 24.3 Å². The highest BCUT2D eigenvalue weighted by Crippen LogP contribution is 2.44. The summed E-state index contributed by atoms with van der Waals surface area (Å²) in [5.74, 6) is -0.112. The van der Waals surface area contributed by atoms with E-state index in [2.05, 4.69) is 0 Å². The van der Waals surface area contributed by atoms with Crippen molar-refractivity contribution in [1.29, 1.82) is 0 Å². The summed E-state index contributed by atoms with van der Waals surface area (Å²) in [4.78, 5) is 11.3. The minimum atomic E-state index is -0.621. The van der Waals surface area contributed by atoms with Gasteiger partial charge in [0.15, 0.2) is 0 Å². The van der Waals surface area contributed by atoms with E-state index in [1.807, 2.05) is 37.3 Å². The Labute approximate surface area is 190 Å². The van der Waals surface area contributed by atoms with Crippen molar-refractivity contribution in [2.45, 2.75) is 13.3 Å². The van der Waals surface area contributed by atoms with Gasteiger partial charge in [0, 0.05) is 6.08 Å². The summed E-state index contributed by atoms with van der Waals surface area (Å²) in [6.07, 6.45) is 5.30. The van der Waals surface area contributed by atoms with Crippen LogP contribution in [-0.4, -0.2) is 11.1 Å². The maximum atomic E-state index is 14.0. The summed E-state index contributed by atoms with van der Waals surface area (Å²) in [6.45, 7) is 1.96. The van der Waals surface area contributed by atoms with Crippen molar-refractivity contribution >= 4 is 23.1 Å². The van der Waals surface area contributed by atoms with Crippen LogP contribution in [0.15, 0.2) is 84.5 Å². The number of benzene rings is 3. The first-order chi connectivity index (χ1) is 15.9. The van der Waals surface area contributed by atoms with Crippen molar-refractivity contribution in [2.75, 3.05) is 0 Å². The number of amides is 1. The molecule has 3 aromatic rings. The van der Waals surface area contributed by atoms with E-state index in [9.17, 15) is 13.6 Å². The Balaban J connectivity index is 1.61. The van der Waals surface area contributed by atoms with Gasteiger partial charge in [-0.25, -0.2) is 14.3 Å². The number of hydrogen-bond acceptors (Lipinski definition) is 3. The molecule has 0 spiro atoms. The van der Waals surface area contributed by atoms with E-state index < -0.39 is 5.91 Å². The molecule has 0 saturated carbocycles. The van der Waals surface area contributed by atoms with Crippen LogP contribution in [0.2, 0.25) is 0 Å². The summed E-state index contributed by atoms with van der Waals surface area (Å²) in [5.41, 5.74) is 7.04. The van der Waals surface area contributed by atoms with Gasteiger partial charge in [0.25, 0.3) is 5.91 Å². The third kappa shape index (κ3) is 5.07. The average molecular weight is 445 g/mol. The maximum absolute atomic E-state index is 14.0. The SMILES string of the molecule is CC1=C(CC=CC(=O)NO)c2cc(F)ccc2/C1=C\c1ccc(Oc2ccc(F)cc2)cc1. The van der Waals surface area contributed by atoms with Gasteiger partial charge in [0.2, 0.25) is 0 Å². The lowest BCUT2D eigenvalue weighted by Gasteiger charge is -2.07. The predicted molar refractivity (Wildman–Crippen MR) is 123 cm³/mol. The van der Waals surface area contributed by atoms with Gasteiger partial charge in [0.1, 0.15) is 23.1 Å². The number of hydroxylamine groups is 1. The van der Waals surface area contributed by atoms with Crippen molar-refractivity contribution in [3.63, 3.8) is 0 Å². The molecule has 33 heavy (non-hydrogen) atoms. The van der Waals surface area contributed by atoms with Crippen LogP contribution < -0.4 is 10.2 Å². The van der Waals surface area contributed by atoms with Crippen molar-refractivity contribution < 1.29 is 23.5 Å². The van der Waals surface area contributed by atoms with Gasteiger partial charge in [0.05, 0.1) is 0 Å². The highest BCUT2D eigenvalue weighted by Gasteiger charge is 2.23. The molecule has 0 heterocycles. The summed E-state index contributed by atoms with van der Waals surface area (Å²) in [7, 11) is 0. The van der Waals surface area contributed by atoms with Gasteiger partial charge in [-0.2, -0.15) is 0 Å². The topological polar surface area (TPSA) is 58.6 Å². The summed E-state index contributed by atoms with van der Waals surface area (Å²) in [6, 6.07) is 18.0. The second-order valence-corrected chi connectivity index (χ2v) is 7.56. The molecule has 1 aliphatic carbocycles. The van der Waals surface area contributed by atoms with Crippen molar-refractivity contribution in [1.82, 2.24) is 5.48 Å². The number of hydrogen-bond donors (Lipinski definition) is 2. The molecule has 0 aromatic heterocycles. The van der Waals surface area contributed by atoms with Gasteiger partial charge < -0.3 is 4.74 Å². The highest BCUT2D eigenvalue weighted by molar-refractivity contribution is 6.05. The van der Waals surface area contributed by atoms with Gasteiger partial charge in [-0.05, 0) is 101 Å². The molecular weight excluding hydrogens is 424 g/mol. The lowest BCUT2D eigenvalue weighted by atomic mass is 10.0. The van der Waals surface area contributed by atoms with Crippen LogP contribution >= 0.6 is 0 Å². The minimum absolute atomic E-state index is 0.323. The van der Waals surface area contributed by atoms with Crippen LogP contribution in [0.25, 0.3) is 17.2 Å². The van der Waals surface area contributed by atoms with E-state index in [0.29, 0.717) is 17.9 Å². The van der Waals surface area contributed by atoms with Crippen LogP contribution in [-0.2, 0) is 4.79 Å². The Bertz CT molecular complexity index is 1270. The van der Waals surface area contributed by atoms with Crippen LogP contribution in [0.4, 0.5) is 8.78 Å². The number of nitrogens with one attached hydrogen (secondary N) is 1. The van der Waals surface area contributed by atoms with Crippen LogP contribution in [0, 0.1) is 11.6 Å². The van der Waals surface area contributed by atoms with E-state index in [4.69, 9.17) is 9.94 Å². The normalized spacial score (nSPS) is 14.1. The van der Waals surface area contributed by atoms with Crippen molar-refractivity contribution in [3.05, 3.63) is 113 Å². The van der Waals surface area contributed by atoms with Crippen molar-refractivity contribution in [2.24, 2.45) is 0 Å². The number of carbonyl (C=O) groups is 1. The first-order valence-electron chi connectivity index (χ1n) is 10.3. The highest BCUT2D eigenvalue weighted by atomic mass is 19.1. The zero-order valence-corrected chi connectivity index (χ0v) is 17.8. The molecule has 6 heteroatoms. The Morgan fingerprint density at radius 1 is 0.939 bits per heavy atom. The molecule has 1 amide bonds. The smallest absolute Gasteiger partial charge is 0.267 e. The maximum Gasteiger partial charge on any atom is 0.267 e. The van der Waals surface area contributed by atoms with E-state index in [0.717, 1.165) is 33.4 Å². The molecule has 0 saturated heterocycles. The molecule has 3 aromatic carbocycles. The lowest BCUT2D eigenvalue weighted by molar-refractivity contribution is -0.124. The number of carbonyl (C=O) groups excluding carboxylic acids is 1. The van der Waals surface area contributed by atoms with Crippen molar-refractivity contribution in [3.8, 4) is 11.5 Å². The molecule has 0 bridgehead atoms. The quantitative estimate of drug-likeness (QED) is 0.257. The molecule has 0 aliphatic heterocycles. The molecule has 0 radical (unpaired) electrons. The van der Waals surface area contributed by atoms with Crippen LogP contribution in [0.3, 0.4) is 0 Å². The largest absolute Gasteiger partial charge is 0.457 e. The average Bonchev–Trinajstić information content (AvgIpc) is 3.06. The van der Waals surface area contributed by atoms with E-state index >= 15 is 0 Å². The predicted octanol–water partition coefficient (Wildman–Crippen LogP) is 6.54.